The highest BCUT2D eigenvalue weighted by Crippen LogP contribution is 2.39. The van der Waals surface area contributed by atoms with E-state index in [0.29, 0.717) is 0 Å². The summed E-state index contributed by atoms with van der Waals surface area (Å²) in [5.41, 5.74) is 0.863. The molecule has 120 valence electrons. The summed E-state index contributed by atoms with van der Waals surface area (Å²) in [6, 6.07) is 14.1. The van der Waals surface area contributed by atoms with Crippen molar-refractivity contribution in [3.8, 4) is 5.75 Å². The van der Waals surface area contributed by atoms with Gasteiger partial charge in [0.25, 0.3) is 0 Å². The third-order valence-electron chi connectivity index (χ3n) is 3.01. The van der Waals surface area contributed by atoms with E-state index in [-0.39, 0.29) is 5.60 Å². The normalized spacial score (nSPS) is 14.4. The number of ether oxygens (including phenoxy) is 1. The molecular formula is C19H28N2O. The SMILES string of the molecule is CC.CC.CC1(C)CN(c2ccccn2)c2ccccc2O1. The summed E-state index contributed by atoms with van der Waals surface area (Å²) in [5, 5.41) is 0. The molecule has 0 saturated carbocycles. The van der Waals surface area contributed by atoms with Gasteiger partial charge in [-0.1, -0.05) is 45.9 Å². The third-order valence-corrected chi connectivity index (χ3v) is 3.01. The molecule has 0 unspecified atom stereocenters. The van der Waals surface area contributed by atoms with Crippen LogP contribution in [-0.2, 0) is 0 Å². The second-order valence-corrected chi connectivity index (χ2v) is 5.10. The van der Waals surface area contributed by atoms with Crippen molar-refractivity contribution < 1.29 is 4.74 Å². The first kappa shape index (κ1) is 18.0. The molecule has 2 heterocycles. The number of pyridine rings is 1. The molecule has 3 rings (SSSR count). The van der Waals surface area contributed by atoms with E-state index < -0.39 is 0 Å². The Labute approximate surface area is 135 Å². The summed E-state index contributed by atoms with van der Waals surface area (Å²) in [6.07, 6.45) is 1.82. The van der Waals surface area contributed by atoms with E-state index in [1.54, 1.807) is 0 Å². The number of fused-ring (bicyclic) bond motifs is 1. The monoisotopic (exact) mass is 300 g/mol. The van der Waals surface area contributed by atoms with Crippen LogP contribution in [0.1, 0.15) is 41.5 Å². The van der Waals surface area contributed by atoms with Gasteiger partial charge in [-0.15, -0.1) is 0 Å². The Balaban J connectivity index is 0.000000561. The van der Waals surface area contributed by atoms with Crippen LogP contribution in [0.15, 0.2) is 48.7 Å². The van der Waals surface area contributed by atoms with Crippen molar-refractivity contribution in [3.05, 3.63) is 48.7 Å². The fourth-order valence-corrected chi connectivity index (χ4v) is 2.28. The number of anilines is 2. The summed E-state index contributed by atoms with van der Waals surface area (Å²) in [6.45, 7) is 13.0. The van der Waals surface area contributed by atoms with Crippen LogP contribution in [0.2, 0.25) is 0 Å². The standard InChI is InChI=1S/C15H16N2O.2C2H6/c1-15(2)11-17(14-9-5-6-10-16-14)12-7-3-4-8-13(12)18-15;2*1-2/h3-10H,11H2,1-2H3;2*1-2H3. The highest BCUT2D eigenvalue weighted by molar-refractivity contribution is 5.68. The molecule has 0 saturated heterocycles. The van der Waals surface area contributed by atoms with Gasteiger partial charge in [0.05, 0.1) is 12.2 Å². The lowest BCUT2D eigenvalue weighted by Crippen LogP contribution is -2.45. The zero-order chi connectivity index (χ0) is 16.6. The molecule has 3 nitrogen and oxygen atoms in total. The molecule has 0 bridgehead atoms. The molecule has 0 amide bonds. The van der Waals surface area contributed by atoms with E-state index in [1.165, 1.54) is 0 Å². The lowest BCUT2D eigenvalue weighted by atomic mass is 10.1. The van der Waals surface area contributed by atoms with Crippen molar-refractivity contribution in [2.75, 3.05) is 11.4 Å². The fourth-order valence-electron chi connectivity index (χ4n) is 2.28. The number of para-hydroxylation sites is 2. The first-order valence-electron chi connectivity index (χ1n) is 8.12. The predicted octanol–water partition coefficient (Wildman–Crippen LogP) is 5.44. The first-order chi connectivity index (χ1) is 10.7. The maximum Gasteiger partial charge on any atom is 0.143 e. The first-order valence-corrected chi connectivity index (χ1v) is 8.12. The van der Waals surface area contributed by atoms with E-state index in [4.69, 9.17) is 4.74 Å². The summed E-state index contributed by atoms with van der Waals surface area (Å²) in [4.78, 5) is 6.64. The minimum atomic E-state index is -0.216. The smallest absolute Gasteiger partial charge is 0.143 e. The maximum atomic E-state index is 6.00. The Morgan fingerprint density at radius 3 is 2.23 bits per heavy atom. The van der Waals surface area contributed by atoms with E-state index in [0.717, 1.165) is 23.8 Å². The summed E-state index contributed by atoms with van der Waals surface area (Å²) < 4.78 is 6.00. The number of aromatic nitrogens is 1. The van der Waals surface area contributed by atoms with Gasteiger partial charge in [0, 0.05) is 6.20 Å². The van der Waals surface area contributed by atoms with Gasteiger partial charge in [-0.05, 0) is 38.1 Å². The number of rotatable bonds is 1. The Bertz CT molecular complexity index is 552. The Morgan fingerprint density at radius 1 is 0.955 bits per heavy atom. The lowest BCUT2D eigenvalue weighted by Gasteiger charge is -2.40. The zero-order valence-corrected chi connectivity index (χ0v) is 14.6. The van der Waals surface area contributed by atoms with Gasteiger partial charge < -0.3 is 9.64 Å². The molecule has 0 fully saturated rings. The summed E-state index contributed by atoms with van der Waals surface area (Å²) in [7, 11) is 0. The molecule has 0 spiro atoms. The molecule has 1 aliphatic heterocycles. The van der Waals surface area contributed by atoms with Gasteiger partial charge in [0.15, 0.2) is 0 Å². The molecule has 0 radical (unpaired) electrons. The third kappa shape index (κ3) is 4.23. The molecule has 0 N–H and O–H groups in total. The van der Waals surface area contributed by atoms with Gasteiger partial charge in [-0.2, -0.15) is 0 Å². The molecule has 22 heavy (non-hydrogen) atoms. The van der Waals surface area contributed by atoms with Crippen LogP contribution < -0.4 is 9.64 Å². The van der Waals surface area contributed by atoms with Crippen LogP contribution in [-0.4, -0.2) is 17.1 Å². The van der Waals surface area contributed by atoms with Gasteiger partial charge >= 0.3 is 0 Å². The fraction of sp³-hybridized carbons (Fsp3) is 0.421. The molecule has 2 aromatic rings. The minimum Gasteiger partial charge on any atom is -0.484 e. The van der Waals surface area contributed by atoms with Crippen LogP contribution in [0.3, 0.4) is 0 Å². The van der Waals surface area contributed by atoms with Gasteiger partial charge in [0.1, 0.15) is 17.2 Å². The molecule has 1 aromatic heterocycles. The topological polar surface area (TPSA) is 25.4 Å². The van der Waals surface area contributed by atoms with E-state index in [2.05, 4.69) is 29.8 Å². The number of nitrogens with zero attached hydrogens (tertiary/aromatic N) is 2. The highest BCUT2D eigenvalue weighted by Gasteiger charge is 2.32. The molecule has 1 aliphatic rings. The molecule has 0 aliphatic carbocycles. The minimum absolute atomic E-state index is 0.216. The second kappa shape index (κ2) is 8.42. The van der Waals surface area contributed by atoms with Crippen molar-refractivity contribution in [1.29, 1.82) is 0 Å². The molecule has 0 atom stereocenters. The van der Waals surface area contributed by atoms with Crippen molar-refractivity contribution in [3.63, 3.8) is 0 Å². The van der Waals surface area contributed by atoms with Gasteiger partial charge in [0.2, 0.25) is 0 Å². The average Bonchev–Trinajstić information content (AvgIpc) is 2.58. The lowest BCUT2D eigenvalue weighted by molar-refractivity contribution is 0.109. The van der Waals surface area contributed by atoms with Crippen LogP contribution in [0.4, 0.5) is 11.5 Å². The quantitative estimate of drug-likeness (QED) is 0.701. The highest BCUT2D eigenvalue weighted by atomic mass is 16.5. The Morgan fingerprint density at radius 2 is 1.59 bits per heavy atom. The van der Waals surface area contributed by atoms with Crippen LogP contribution >= 0.6 is 0 Å². The largest absolute Gasteiger partial charge is 0.484 e. The van der Waals surface area contributed by atoms with Gasteiger partial charge in [-0.3, -0.25) is 0 Å². The van der Waals surface area contributed by atoms with Crippen molar-refractivity contribution in [2.45, 2.75) is 47.1 Å². The van der Waals surface area contributed by atoms with Crippen molar-refractivity contribution in [1.82, 2.24) is 4.98 Å². The van der Waals surface area contributed by atoms with Crippen LogP contribution in [0.25, 0.3) is 0 Å². The predicted molar refractivity (Wildman–Crippen MR) is 95.1 cm³/mol. The van der Waals surface area contributed by atoms with Crippen LogP contribution in [0, 0.1) is 0 Å². The summed E-state index contributed by atoms with van der Waals surface area (Å²) >= 11 is 0. The summed E-state index contributed by atoms with van der Waals surface area (Å²) in [5.74, 6) is 1.88. The van der Waals surface area contributed by atoms with Crippen molar-refractivity contribution in [2.24, 2.45) is 0 Å². The van der Waals surface area contributed by atoms with E-state index >= 15 is 0 Å². The molecular weight excluding hydrogens is 272 g/mol. The maximum absolute atomic E-state index is 6.00. The second-order valence-electron chi connectivity index (χ2n) is 5.10. The average molecular weight is 300 g/mol. The van der Waals surface area contributed by atoms with E-state index in [1.807, 2.05) is 70.3 Å². The van der Waals surface area contributed by atoms with Gasteiger partial charge in [-0.25, -0.2) is 4.98 Å². The number of benzene rings is 1. The number of hydrogen-bond donors (Lipinski definition) is 0. The van der Waals surface area contributed by atoms with Crippen molar-refractivity contribution >= 4 is 11.5 Å². The van der Waals surface area contributed by atoms with Crippen LogP contribution in [0.5, 0.6) is 5.75 Å². The number of hydrogen-bond acceptors (Lipinski definition) is 3. The Hall–Kier alpha value is -2.03. The van der Waals surface area contributed by atoms with E-state index in [9.17, 15) is 0 Å². The zero-order valence-electron chi connectivity index (χ0n) is 14.6. The molecule has 1 aromatic carbocycles. The Kier molecular flexibility index (Phi) is 6.90. The molecule has 3 heteroatoms.